The number of nitrogens with two attached hydrogens (primary N) is 1. The summed E-state index contributed by atoms with van der Waals surface area (Å²) >= 11 is 0. The van der Waals surface area contributed by atoms with Crippen LogP contribution in [0.15, 0.2) is 76.5 Å². The Kier molecular flexibility index (Phi) is 10.00. The molecule has 0 aromatic heterocycles. The van der Waals surface area contributed by atoms with Crippen molar-refractivity contribution in [2.75, 3.05) is 39.5 Å². The minimum atomic E-state index is -3.87. The Morgan fingerprint density at radius 1 is 1.00 bits per heavy atom. The van der Waals surface area contributed by atoms with Crippen LogP contribution in [0.25, 0.3) is 11.1 Å². The summed E-state index contributed by atoms with van der Waals surface area (Å²) in [7, 11) is -7.55. The molecule has 14 heteroatoms. The molecule has 260 valence electrons. The van der Waals surface area contributed by atoms with E-state index in [4.69, 9.17) is 15.2 Å². The Morgan fingerprint density at radius 2 is 1.73 bits per heavy atom. The van der Waals surface area contributed by atoms with Gasteiger partial charge in [-0.25, -0.2) is 21.2 Å². The fourth-order valence-corrected chi connectivity index (χ4v) is 9.81. The van der Waals surface area contributed by atoms with Crippen molar-refractivity contribution in [2.45, 2.75) is 70.9 Å². The monoisotopic (exact) mass is 703 g/mol. The van der Waals surface area contributed by atoms with E-state index in [-0.39, 0.29) is 47.6 Å². The number of sulfone groups is 1. The Bertz CT molecular complexity index is 1830. The van der Waals surface area contributed by atoms with Gasteiger partial charge in [0.1, 0.15) is 24.3 Å². The summed E-state index contributed by atoms with van der Waals surface area (Å²) in [5, 5.41) is 23.5. The van der Waals surface area contributed by atoms with Gasteiger partial charge in [-0.1, -0.05) is 30.3 Å². The summed E-state index contributed by atoms with van der Waals surface area (Å²) in [5.74, 6) is -0.196. The number of piperidine rings is 1. The molecule has 2 saturated heterocycles. The molecule has 2 aliphatic heterocycles. The van der Waals surface area contributed by atoms with E-state index < -0.39 is 48.7 Å². The smallest absolute Gasteiger partial charge is 0.243 e. The molecule has 0 radical (unpaired) electrons. The van der Waals surface area contributed by atoms with Gasteiger partial charge in [0.05, 0.1) is 33.4 Å². The first-order valence-corrected chi connectivity index (χ1v) is 19.1. The van der Waals surface area contributed by atoms with Crippen molar-refractivity contribution < 1.29 is 40.9 Å². The number of rotatable bonds is 13. The second-order valence-corrected chi connectivity index (χ2v) is 17.3. The molecule has 2 heterocycles. The third-order valence-corrected chi connectivity index (χ3v) is 14.2. The average molecular weight is 704 g/mol. The molecule has 11 nitrogen and oxygen atoms in total. The predicted molar refractivity (Wildman–Crippen MR) is 177 cm³/mol. The van der Waals surface area contributed by atoms with Gasteiger partial charge in [0, 0.05) is 37.8 Å². The van der Waals surface area contributed by atoms with Gasteiger partial charge in [0.15, 0.2) is 9.84 Å². The Labute approximate surface area is 280 Å². The number of sulfonamides is 1. The number of hydrogen-bond acceptors (Lipinski definition) is 10. The van der Waals surface area contributed by atoms with Gasteiger partial charge in [0.25, 0.3) is 0 Å². The maximum absolute atomic E-state index is 14.7. The molecule has 3 aliphatic rings. The molecule has 0 unspecified atom stereocenters. The summed E-state index contributed by atoms with van der Waals surface area (Å²) in [4.78, 5) is 0.119. The van der Waals surface area contributed by atoms with Crippen LogP contribution in [0.5, 0.6) is 5.75 Å². The third kappa shape index (κ3) is 7.03. The van der Waals surface area contributed by atoms with Gasteiger partial charge in [0.2, 0.25) is 10.0 Å². The van der Waals surface area contributed by atoms with Crippen molar-refractivity contribution in [3.8, 4) is 16.9 Å². The molecule has 0 amide bonds. The number of hydrogen-bond donors (Lipinski definition) is 4. The van der Waals surface area contributed by atoms with Crippen LogP contribution < -0.4 is 15.8 Å². The van der Waals surface area contributed by atoms with Gasteiger partial charge in [-0.05, 0) is 79.6 Å². The number of ether oxygens (including phenoxy) is 2. The average Bonchev–Trinajstić information content (AvgIpc) is 3.83. The van der Waals surface area contributed by atoms with Gasteiger partial charge in [-0.15, -0.1) is 0 Å². The maximum Gasteiger partial charge on any atom is 0.243 e. The Hall–Kier alpha value is -2.95. The van der Waals surface area contributed by atoms with Gasteiger partial charge < -0.3 is 30.7 Å². The van der Waals surface area contributed by atoms with E-state index >= 15 is 0 Å². The normalized spacial score (nSPS) is 21.3. The molecule has 3 fully saturated rings. The van der Waals surface area contributed by atoms with Crippen molar-refractivity contribution in [1.82, 2.24) is 9.62 Å². The van der Waals surface area contributed by atoms with E-state index in [2.05, 4.69) is 5.32 Å². The molecule has 1 saturated carbocycles. The van der Waals surface area contributed by atoms with Crippen molar-refractivity contribution in [1.29, 1.82) is 0 Å². The van der Waals surface area contributed by atoms with Gasteiger partial charge in [-0.3, -0.25) is 0 Å². The minimum Gasteiger partial charge on any atom is -0.491 e. The lowest BCUT2D eigenvalue weighted by Gasteiger charge is -2.38. The highest BCUT2D eigenvalue weighted by Gasteiger charge is 2.54. The Morgan fingerprint density at radius 3 is 2.40 bits per heavy atom. The molecule has 1 aliphatic carbocycles. The minimum absolute atomic E-state index is 0.0335. The molecular formula is C34H42FN3O8S2. The van der Waals surface area contributed by atoms with E-state index in [1.54, 1.807) is 36.4 Å². The summed E-state index contributed by atoms with van der Waals surface area (Å²) in [6.45, 7) is 1.03. The van der Waals surface area contributed by atoms with Crippen molar-refractivity contribution in [3.63, 3.8) is 0 Å². The lowest BCUT2D eigenvalue weighted by Crippen LogP contribution is -2.47. The van der Waals surface area contributed by atoms with Crippen LogP contribution in [0.1, 0.15) is 37.7 Å². The highest BCUT2D eigenvalue weighted by atomic mass is 32.2. The van der Waals surface area contributed by atoms with Crippen LogP contribution in [0.2, 0.25) is 0 Å². The first-order chi connectivity index (χ1) is 22.9. The highest BCUT2D eigenvalue weighted by molar-refractivity contribution is 7.93. The van der Waals surface area contributed by atoms with Crippen LogP contribution in [-0.4, -0.2) is 93.3 Å². The SMILES string of the molecule is NCc1ccc(-c2cc(S(=O)(=O)N3CCC4(CC3)C[C@H](NC[C@H](O)COc3cccc(S(=O)(=O)C5(CO)CC5)c3)CO4)ccc2F)cc1. The number of aliphatic hydroxyl groups excluding tert-OH is 2. The van der Waals surface area contributed by atoms with Gasteiger partial charge in [-0.2, -0.15) is 4.31 Å². The predicted octanol–water partition coefficient (Wildman–Crippen LogP) is 2.59. The standard InChI is InChI=1S/C34H42FN3O8S2/c35-32-9-8-30(17-31(32)25-6-4-24(19-36)5-7-25)48(43,44)38-14-12-33(13-15-38)18-26(21-46-33)37-20-27(40)22-45-28-2-1-3-29(16-28)47(41,42)34(23-39)10-11-34/h1-9,16-17,26-27,37,39-40H,10-15,18-23,36H2/t26-,27-/m0/s1. The molecule has 5 N–H and O–H groups in total. The number of benzene rings is 3. The van der Waals surface area contributed by atoms with Gasteiger partial charge >= 0.3 is 0 Å². The number of nitrogens with one attached hydrogen (secondary N) is 1. The van der Waals surface area contributed by atoms with Crippen molar-refractivity contribution in [3.05, 3.63) is 78.1 Å². The maximum atomic E-state index is 14.7. The second-order valence-electron chi connectivity index (χ2n) is 13.0. The van der Waals surface area contributed by atoms with Crippen LogP contribution in [0.4, 0.5) is 4.39 Å². The lowest BCUT2D eigenvalue weighted by atomic mass is 9.88. The second kappa shape index (κ2) is 13.8. The first kappa shape index (κ1) is 34.9. The van der Waals surface area contributed by atoms with E-state index in [0.29, 0.717) is 56.6 Å². The molecule has 48 heavy (non-hydrogen) atoms. The lowest BCUT2D eigenvalue weighted by molar-refractivity contribution is -0.0312. The molecule has 1 spiro atoms. The molecule has 6 rings (SSSR count). The van der Waals surface area contributed by atoms with Crippen LogP contribution >= 0.6 is 0 Å². The zero-order valence-corrected chi connectivity index (χ0v) is 28.2. The fraction of sp³-hybridized carbons (Fsp3) is 0.471. The summed E-state index contributed by atoms with van der Waals surface area (Å²) in [6.07, 6.45) is 1.63. The largest absolute Gasteiger partial charge is 0.491 e. The van der Waals surface area contributed by atoms with E-state index in [0.717, 1.165) is 5.56 Å². The number of aliphatic hydroxyl groups is 2. The van der Waals surface area contributed by atoms with Crippen LogP contribution in [0, 0.1) is 5.82 Å². The zero-order chi connectivity index (χ0) is 34.2. The zero-order valence-electron chi connectivity index (χ0n) is 26.6. The van der Waals surface area contributed by atoms with E-state index in [1.807, 2.05) is 0 Å². The van der Waals surface area contributed by atoms with Crippen LogP contribution in [-0.2, 0) is 31.1 Å². The van der Waals surface area contributed by atoms with E-state index in [9.17, 15) is 31.4 Å². The molecule has 3 aromatic carbocycles. The quantitative estimate of drug-likeness (QED) is 0.208. The highest BCUT2D eigenvalue weighted by Crippen LogP contribution is 2.46. The fourth-order valence-electron chi connectivity index (χ4n) is 6.50. The van der Waals surface area contributed by atoms with E-state index in [1.165, 1.54) is 34.6 Å². The van der Waals surface area contributed by atoms with Crippen molar-refractivity contribution in [2.24, 2.45) is 5.73 Å². The summed E-state index contributed by atoms with van der Waals surface area (Å²) < 4.78 is 79.9. The Balaban J connectivity index is 0.987. The number of halogens is 1. The molecule has 0 bridgehead atoms. The molecule has 2 atom stereocenters. The molecular weight excluding hydrogens is 662 g/mol. The topological polar surface area (TPSA) is 168 Å². The number of nitrogens with zero attached hydrogens (tertiary/aromatic N) is 1. The van der Waals surface area contributed by atoms with Crippen LogP contribution in [0.3, 0.4) is 0 Å². The van der Waals surface area contributed by atoms with Crippen molar-refractivity contribution >= 4 is 19.9 Å². The first-order valence-electron chi connectivity index (χ1n) is 16.1. The third-order valence-electron chi connectivity index (χ3n) is 9.79. The summed E-state index contributed by atoms with van der Waals surface area (Å²) in [5.41, 5.74) is 6.85. The molecule has 3 aromatic rings. The summed E-state index contributed by atoms with van der Waals surface area (Å²) in [6, 6.07) is 17.0.